The fourth-order valence-electron chi connectivity index (χ4n) is 4.14. The summed E-state index contributed by atoms with van der Waals surface area (Å²) in [5.41, 5.74) is 1.70. The highest BCUT2D eigenvalue weighted by Gasteiger charge is 2.40. The largest absolute Gasteiger partial charge is 0.486 e. The highest BCUT2D eigenvalue weighted by Crippen LogP contribution is 2.37. The summed E-state index contributed by atoms with van der Waals surface area (Å²) in [4.78, 5) is 14.5. The zero-order chi connectivity index (χ0) is 18.1. The molecule has 0 atom stereocenters. The third kappa shape index (κ3) is 3.21. The number of amides is 1. The Bertz CT molecular complexity index is 793. The number of hydrogen-bond acceptors (Lipinski definition) is 4. The van der Waals surface area contributed by atoms with Gasteiger partial charge < -0.3 is 15.0 Å². The van der Waals surface area contributed by atoms with Gasteiger partial charge in [0.1, 0.15) is 11.4 Å². The van der Waals surface area contributed by atoms with E-state index in [4.69, 9.17) is 4.74 Å². The number of nitrogens with one attached hydrogen (secondary N) is 1. The van der Waals surface area contributed by atoms with Crippen molar-refractivity contribution in [2.24, 2.45) is 7.05 Å². The molecule has 0 radical (unpaired) electrons. The minimum Gasteiger partial charge on any atom is -0.486 e. The summed E-state index contributed by atoms with van der Waals surface area (Å²) in [5, 5.41) is 7.65. The van der Waals surface area contributed by atoms with E-state index in [1.165, 1.54) is 5.56 Å². The van der Waals surface area contributed by atoms with Crippen molar-refractivity contribution in [3.8, 4) is 5.75 Å². The number of benzene rings is 1. The molecule has 1 fully saturated rings. The molecular formula is C20H26N4O2. The van der Waals surface area contributed by atoms with Crippen LogP contribution in [0.15, 0.2) is 36.7 Å². The van der Waals surface area contributed by atoms with Crippen LogP contribution in [0.2, 0.25) is 0 Å². The van der Waals surface area contributed by atoms with Crippen LogP contribution in [-0.4, -0.2) is 45.8 Å². The summed E-state index contributed by atoms with van der Waals surface area (Å²) < 4.78 is 8.15. The molecular weight excluding hydrogens is 328 g/mol. The van der Waals surface area contributed by atoms with Gasteiger partial charge in [0.2, 0.25) is 0 Å². The van der Waals surface area contributed by atoms with Crippen molar-refractivity contribution >= 4 is 5.91 Å². The molecule has 1 aliphatic heterocycles. The lowest BCUT2D eigenvalue weighted by molar-refractivity contribution is 0.0102. The highest BCUT2D eigenvalue weighted by atomic mass is 16.5. The van der Waals surface area contributed by atoms with Gasteiger partial charge in [-0.25, -0.2) is 0 Å². The molecule has 0 bridgehead atoms. The first-order valence-electron chi connectivity index (χ1n) is 9.30. The van der Waals surface area contributed by atoms with Crippen molar-refractivity contribution in [2.45, 2.75) is 43.9 Å². The molecule has 2 aromatic rings. The Morgan fingerprint density at radius 1 is 1.35 bits per heavy atom. The molecule has 1 spiro atoms. The molecule has 1 aromatic carbocycles. The molecule has 1 aliphatic carbocycles. The number of rotatable bonds is 2. The maximum absolute atomic E-state index is 12.7. The summed E-state index contributed by atoms with van der Waals surface area (Å²) in [7, 11) is 3.73. The average Bonchev–Trinajstić information content (AvgIpc) is 3.00. The molecule has 2 heterocycles. The summed E-state index contributed by atoms with van der Waals surface area (Å²) >= 11 is 0. The molecule has 2 aliphatic rings. The number of carbonyl (C=O) groups excluding carboxylic acids is 1. The van der Waals surface area contributed by atoms with Crippen LogP contribution in [0.3, 0.4) is 0 Å². The van der Waals surface area contributed by atoms with Gasteiger partial charge >= 0.3 is 0 Å². The Hall–Kier alpha value is -2.34. The van der Waals surface area contributed by atoms with E-state index in [-0.39, 0.29) is 17.6 Å². The third-order valence-corrected chi connectivity index (χ3v) is 5.75. The van der Waals surface area contributed by atoms with Gasteiger partial charge in [-0.15, -0.1) is 0 Å². The van der Waals surface area contributed by atoms with Gasteiger partial charge in [0, 0.05) is 45.0 Å². The van der Waals surface area contributed by atoms with E-state index in [0.29, 0.717) is 5.56 Å². The molecule has 1 N–H and O–H groups in total. The number of ether oxygens (including phenoxy) is 1. The van der Waals surface area contributed by atoms with Gasteiger partial charge in [-0.1, -0.05) is 18.2 Å². The Kier molecular flexibility index (Phi) is 4.44. The Balaban J connectivity index is 1.43. The Morgan fingerprint density at radius 2 is 2.12 bits per heavy atom. The molecule has 138 valence electrons. The molecule has 1 aromatic heterocycles. The SMILES string of the molecule is CN(C(=O)c1cnn(C)c1)C1CCC2(CC1)CNCc1ccccc1O2. The van der Waals surface area contributed by atoms with Crippen LogP contribution in [0.1, 0.15) is 41.6 Å². The van der Waals surface area contributed by atoms with Crippen molar-refractivity contribution in [1.29, 1.82) is 0 Å². The third-order valence-electron chi connectivity index (χ3n) is 5.75. The summed E-state index contributed by atoms with van der Waals surface area (Å²) in [6.07, 6.45) is 7.21. The maximum Gasteiger partial charge on any atom is 0.257 e. The molecule has 6 nitrogen and oxygen atoms in total. The lowest BCUT2D eigenvalue weighted by Gasteiger charge is -2.42. The van der Waals surface area contributed by atoms with E-state index in [1.54, 1.807) is 17.1 Å². The van der Waals surface area contributed by atoms with E-state index in [9.17, 15) is 4.79 Å². The van der Waals surface area contributed by atoms with Crippen LogP contribution in [0.5, 0.6) is 5.75 Å². The van der Waals surface area contributed by atoms with Crippen LogP contribution in [0.4, 0.5) is 0 Å². The zero-order valence-electron chi connectivity index (χ0n) is 15.4. The van der Waals surface area contributed by atoms with E-state index >= 15 is 0 Å². The fraction of sp³-hybridized carbons (Fsp3) is 0.500. The van der Waals surface area contributed by atoms with E-state index in [0.717, 1.165) is 44.5 Å². The monoisotopic (exact) mass is 354 g/mol. The van der Waals surface area contributed by atoms with Crippen molar-refractivity contribution < 1.29 is 9.53 Å². The van der Waals surface area contributed by atoms with Crippen molar-refractivity contribution in [1.82, 2.24) is 20.0 Å². The number of hydrogen-bond donors (Lipinski definition) is 1. The van der Waals surface area contributed by atoms with Crippen molar-refractivity contribution in [2.75, 3.05) is 13.6 Å². The van der Waals surface area contributed by atoms with E-state index < -0.39 is 0 Å². The van der Waals surface area contributed by atoms with Gasteiger partial charge in [0.25, 0.3) is 5.91 Å². The normalized spacial score (nSPS) is 25.2. The van der Waals surface area contributed by atoms with Crippen molar-refractivity contribution in [3.05, 3.63) is 47.8 Å². The smallest absolute Gasteiger partial charge is 0.257 e. The molecule has 4 rings (SSSR count). The first-order chi connectivity index (χ1) is 12.6. The Labute approximate surface area is 154 Å². The summed E-state index contributed by atoms with van der Waals surface area (Å²) in [6.45, 7) is 1.70. The molecule has 0 saturated heterocycles. The second-order valence-electron chi connectivity index (χ2n) is 7.55. The van der Waals surface area contributed by atoms with Gasteiger partial charge in [-0.2, -0.15) is 5.10 Å². The zero-order valence-corrected chi connectivity index (χ0v) is 15.4. The lowest BCUT2D eigenvalue weighted by atomic mass is 9.81. The summed E-state index contributed by atoms with van der Waals surface area (Å²) in [5.74, 6) is 1.04. The van der Waals surface area contributed by atoms with E-state index in [1.807, 2.05) is 25.1 Å². The van der Waals surface area contributed by atoms with Crippen LogP contribution in [0.25, 0.3) is 0 Å². The van der Waals surface area contributed by atoms with Gasteiger partial charge in [-0.3, -0.25) is 9.48 Å². The number of carbonyl (C=O) groups is 1. The highest BCUT2D eigenvalue weighted by molar-refractivity contribution is 5.93. The van der Waals surface area contributed by atoms with E-state index in [2.05, 4.69) is 28.6 Å². The molecule has 1 amide bonds. The number of aromatic nitrogens is 2. The predicted octanol–water partition coefficient (Wildman–Crippen LogP) is 2.36. The average molecular weight is 354 g/mol. The molecule has 26 heavy (non-hydrogen) atoms. The predicted molar refractivity (Wildman–Crippen MR) is 99.1 cm³/mol. The standard InChI is InChI=1S/C20H26N4O2/c1-23-13-16(12-22-23)19(25)24(2)17-7-9-20(10-8-17)14-21-11-15-5-3-4-6-18(15)26-20/h3-6,12-13,17,21H,7-11,14H2,1-2H3. The fourth-order valence-corrected chi connectivity index (χ4v) is 4.14. The first-order valence-corrected chi connectivity index (χ1v) is 9.30. The quantitative estimate of drug-likeness (QED) is 0.899. The number of fused-ring (bicyclic) bond motifs is 1. The van der Waals surface area contributed by atoms with Crippen LogP contribution in [0, 0.1) is 0 Å². The number of para-hydroxylation sites is 1. The van der Waals surface area contributed by atoms with Gasteiger partial charge in [0.05, 0.1) is 11.8 Å². The van der Waals surface area contributed by atoms with Crippen LogP contribution in [-0.2, 0) is 13.6 Å². The summed E-state index contributed by atoms with van der Waals surface area (Å²) in [6, 6.07) is 8.51. The van der Waals surface area contributed by atoms with Gasteiger partial charge in [-0.05, 0) is 31.7 Å². The topological polar surface area (TPSA) is 59.4 Å². The minimum atomic E-state index is -0.165. The van der Waals surface area contributed by atoms with Crippen LogP contribution >= 0.6 is 0 Å². The number of aryl methyl sites for hydroxylation is 1. The lowest BCUT2D eigenvalue weighted by Crippen LogP contribution is -2.51. The molecule has 0 unspecified atom stereocenters. The second kappa shape index (κ2) is 6.76. The molecule has 6 heteroatoms. The molecule has 1 saturated carbocycles. The van der Waals surface area contributed by atoms with Gasteiger partial charge in [0.15, 0.2) is 0 Å². The second-order valence-corrected chi connectivity index (χ2v) is 7.55. The van der Waals surface area contributed by atoms with Crippen molar-refractivity contribution in [3.63, 3.8) is 0 Å². The minimum absolute atomic E-state index is 0.0457. The van der Waals surface area contributed by atoms with Crippen LogP contribution < -0.4 is 10.1 Å². The Morgan fingerprint density at radius 3 is 2.85 bits per heavy atom. The first kappa shape index (κ1) is 17.1. The number of nitrogens with zero attached hydrogens (tertiary/aromatic N) is 3. The maximum atomic E-state index is 12.7.